The Morgan fingerprint density at radius 1 is 0.196 bits per heavy atom. The van der Waals surface area contributed by atoms with E-state index in [1.807, 2.05) is 48.7 Å². The largest absolute Gasteiger partial charge is 0.309 e. The second kappa shape index (κ2) is 23.8. The van der Waals surface area contributed by atoms with Gasteiger partial charge in [0.25, 0.3) is 0 Å². The van der Waals surface area contributed by atoms with Gasteiger partial charge in [0.15, 0.2) is 34.9 Å². The standard InChI is InChI=1S/C103H61N9/c1-4-25-62(26-5-1)71-33-10-11-37-79(71)101-109-97(64-29-8-3-9-30-64)107-99(110-101)68-51-55-82-80(58-68)74-53-49-65(59-87(74)103(82)84-42-17-21-48-93(84)112-91-46-19-14-36-76(91)78-39-24-44-86(103)95(78)112)70-52-56-89(104-61-70)66-31-22-32-67(57-66)98-105-96(63-27-6-2-7-28-63)106-100(108-98)69-50-54-73-72-34-12-15-40-81(72)102(88(73)60-69)83-41-16-20-47-92(83)111-90-45-18-13-35-75(90)77-38-23-43-85(102)94(77)111/h1-61H. The van der Waals surface area contributed by atoms with Crippen molar-refractivity contribution in [2.75, 3.05) is 0 Å². The number of hydrogen-bond acceptors (Lipinski definition) is 7. The summed E-state index contributed by atoms with van der Waals surface area (Å²) in [6, 6.07) is 132. The molecular formula is C103H61N9. The molecule has 0 saturated carbocycles. The van der Waals surface area contributed by atoms with Crippen LogP contribution in [0, 0.1) is 0 Å². The van der Waals surface area contributed by atoms with E-state index >= 15 is 0 Å². The van der Waals surface area contributed by atoms with Crippen LogP contribution in [0.1, 0.15) is 44.5 Å². The van der Waals surface area contributed by atoms with Gasteiger partial charge in [-0.05, 0) is 138 Å². The van der Waals surface area contributed by atoms with Gasteiger partial charge < -0.3 is 9.13 Å². The number of benzene rings is 15. The Labute approximate surface area is 644 Å². The smallest absolute Gasteiger partial charge is 0.164 e. The lowest BCUT2D eigenvalue weighted by molar-refractivity contribution is 0.748. The number of nitrogens with zero attached hydrogens (tertiary/aromatic N) is 9. The third-order valence-electron chi connectivity index (χ3n) is 24.1. The maximum atomic E-state index is 5.48. The van der Waals surface area contributed by atoms with E-state index in [9.17, 15) is 0 Å². The summed E-state index contributed by atoms with van der Waals surface area (Å²) in [5, 5.41) is 4.92. The highest BCUT2D eigenvalue weighted by Crippen LogP contribution is 2.64. The minimum Gasteiger partial charge on any atom is -0.309 e. The quantitative estimate of drug-likeness (QED) is 0.142. The van der Waals surface area contributed by atoms with Gasteiger partial charge in [-0.2, -0.15) is 0 Å². The molecule has 9 nitrogen and oxygen atoms in total. The third kappa shape index (κ3) is 8.75. The summed E-state index contributed by atoms with van der Waals surface area (Å²) in [6.07, 6.45) is 2.03. The van der Waals surface area contributed by atoms with Crippen LogP contribution in [0.25, 0.3) is 179 Å². The fourth-order valence-electron chi connectivity index (χ4n) is 19.4. The first-order valence-corrected chi connectivity index (χ1v) is 38.2. The van der Waals surface area contributed by atoms with Gasteiger partial charge in [-0.3, -0.25) is 4.98 Å². The molecule has 0 fully saturated rings. The van der Waals surface area contributed by atoms with Gasteiger partial charge in [0.2, 0.25) is 0 Å². The summed E-state index contributed by atoms with van der Waals surface area (Å²) >= 11 is 0. The average molecular weight is 1420 g/mol. The zero-order valence-electron chi connectivity index (χ0n) is 60.2. The SMILES string of the molecule is c1ccc(-c2nc(-c3cccc(-c4ccc(-c5ccc6c(c5)C5(c7ccc(-c8nc(-c9ccccc9)nc(-c9ccccc9-c9ccccc9)n8)cc7-6)c6ccccc6-n6c7ccccc7c7cccc5c76)cn4)c3)nc(-c3ccc4c(c3)C3(c5ccccc5-4)c4ccccc4-n4c5ccccc5c5cccc3c54)n2)cc1. The van der Waals surface area contributed by atoms with Crippen LogP contribution in [-0.4, -0.2) is 44.0 Å². The molecule has 20 aromatic rings. The normalized spacial score (nSPS) is 15.0. The molecule has 0 saturated heterocycles. The first-order chi connectivity index (χ1) is 55.5. The molecule has 2 spiro atoms. The monoisotopic (exact) mass is 1420 g/mol. The first-order valence-electron chi connectivity index (χ1n) is 38.2. The van der Waals surface area contributed by atoms with Crippen molar-refractivity contribution in [3.8, 4) is 135 Å². The van der Waals surface area contributed by atoms with Crippen molar-refractivity contribution in [1.29, 1.82) is 0 Å². The summed E-state index contributed by atoms with van der Waals surface area (Å²) in [5.41, 5.74) is 31.6. The fraction of sp³-hybridized carbons (Fsp3) is 0.0194. The summed E-state index contributed by atoms with van der Waals surface area (Å²) in [6.45, 7) is 0. The second-order valence-corrected chi connectivity index (χ2v) is 29.7. The van der Waals surface area contributed by atoms with Crippen LogP contribution in [0.5, 0.6) is 0 Å². The summed E-state index contributed by atoms with van der Waals surface area (Å²) in [5.74, 6) is 3.56. The highest BCUT2D eigenvalue weighted by atomic mass is 15.1. The molecule has 0 radical (unpaired) electrons. The van der Waals surface area contributed by atoms with Gasteiger partial charge in [-0.25, -0.2) is 29.9 Å². The number of fused-ring (bicyclic) bond motifs is 24. The van der Waals surface area contributed by atoms with Crippen LogP contribution in [-0.2, 0) is 10.8 Å². The van der Waals surface area contributed by atoms with Crippen LogP contribution >= 0.6 is 0 Å². The molecule has 2 aliphatic carbocycles. The zero-order chi connectivity index (χ0) is 73.3. The molecule has 112 heavy (non-hydrogen) atoms. The summed E-state index contributed by atoms with van der Waals surface area (Å²) in [4.78, 5) is 37.5. The predicted octanol–water partition coefficient (Wildman–Crippen LogP) is 24.0. The van der Waals surface area contributed by atoms with Gasteiger partial charge in [0, 0.05) is 72.2 Å². The maximum Gasteiger partial charge on any atom is 0.164 e. The van der Waals surface area contributed by atoms with E-state index in [0.29, 0.717) is 34.9 Å². The number of aromatic nitrogens is 9. The molecule has 4 aliphatic rings. The number of pyridine rings is 1. The molecule has 518 valence electrons. The molecule has 5 aromatic heterocycles. The minimum atomic E-state index is -0.744. The number of para-hydroxylation sites is 6. The third-order valence-corrected chi connectivity index (χ3v) is 24.1. The Hall–Kier alpha value is -14.9. The first kappa shape index (κ1) is 62.1. The highest BCUT2D eigenvalue weighted by Gasteiger charge is 2.53. The molecule has 2 atom stereocenters. The molecule has 9 heteroatoms. The highest BCUT2D eigenvalue weighted by molar-refractivity contribution is 6.15. The van der Waals surface area contributed by atoms with Crippen molar-refractivity contribution in [3.05, 3.63) is 415 Å². The Morgan fingerprint density at radius 2 is 0.580 bits per heavy atom. The van der Waals surface area contributed by atoms with Crippen LogP contribution < -0.4 is 0 Å². The fourth-order valence-corrected chi connectivity index (χ4v) is 19.4. The second-order valence-electron chi connectivity index (χ2n) is 29.7. The van der Waals surface area contributed by atoms with Gasteiger partial charge >= 0.3 is 0 Å². The van der Waals surface area contributed by atoms with Crippen molar-refractivity contribution in [3.63, 3.8) is 0 Å². The Kier molecular flexibility index (Phi) is 13.2. The molecular weight excluding hydrogens is 1360 g/mol. The van der Waals surface area contributed by atoms with Gasteiger partial charge in [-0.15, -0.1) is 0 Å². The molecule has 0 N–H and O–H groups in total. The van der Waals surface area contributed by atoms with E-state index in [4.69, 9.17) is 34.9 Å². The molecule has 0 bridgehead atoms. The zero-order valence-corrected chi connectivity index (χ0v) is 60.2. The van der Waals surface area contributed by atoms with E-state index < -0.39 is 10.8 Å². The van der Waals surface area contributed by atoms with E-state index in [0.717, 1.165) is 83.7 Å². The summed E-state index contributed by atoms with van der Waals surface area (Å²) < 4.78 is 4.99. The van der Waals surface area contributed by atoms with Crippen LogP contribution in [0.2, 0.25) is 0 Å². The Morgan fingerprint density at radius 3 is 1.17 bits per heavy atom. The molecule has 15 aromatic carbocycles. The maximum absolute atomic E-state index is 5.48. The molecule has 2 unspecified atom stereocenters. The lowest BCUT2D eigenvalue weighted by Crippen LogP contribution is -2.33. The lowest BCUT2D eigenvalue weighted by Gasteiger charge is -2.39. The van der Waals surface area contributed by atoms with Gasteiger partial charge in [0.1, 0.15) is 0 Å². The minimum absolute atomic E-state index is 0.568. The van der Waals surface area contributed by atoms with Crippen molar-refractivity contribution in [2.24, 2.45) is 0 Å². The van der Waals surface area contributed by atoms with Crippen molar-refractivity contribution < 1.29 is 0 Å². The van der Waals surface area contributed by atoms with Crippen molar-refractivity contribution >= 4 is 43.6 Å². The van der Waals surface area contributed by atoms with Crippen molar-refractivity contribution in [1.82, 2.24) is 44.0 Å². The van der Waals surface area contributed by atoms with E-state index in [-0.39, 0.29) is 0 Å². The van der Waals surface area contributed by atoms with Crippen LogP contribution in [0.15, 0.2) is 370 Å². The molecule has 2 aliphatic heterocycles. The number of rotatable bonds is 9. The topological polar surface area (TPSA) is 100 Å². The summed E-state index contributed by atoms with van der Waals surface area (Å²) in [7, 11) is 0. The average Bonchev–Trinajstić information content (AvgIpc) is 1.50. The lowest BCUT2D eigenvalue weighted by atomic mass is 9.65. The molecule has 7 heterocycles. The van der Waals surface area contributed by atoms with Gasteiger partial charge in [-0.1, -0.05) is 309 Å². The predicted molar refractivity (Wildman–Crippen MR) is 450 cm³/mol. The Bertz CT molecular complexity index is 7390. The Balaban J connectivity index is 0.634. The number of hydrogen-bond donors (Lipinski definition) is 0. The van der Waals surface area contributed by atoms with Gasteiger partial charge in [0.05, 0.1) is 50.0 Å². The van der Waals surface area contributed by atoms with E-state index in [1.165, 1.54) is 105 Å². The van der Waals surface area contributed by atoms with Crippen molar-refractivity contribution in [2.45, 2.75) is 10.8 Å². The van der Waals surface area contributed by atoms with E-state index in [1.54, 1.807) is 0 Å². The van der Waals surface area contributed by atoms with E-state index in [2.05, 4.69) is 331 Å². The molecule has 0 amide bonds. The van der Waals surface area contributed by atoms with Crippen LogP contribution in [0.4, 0.5) is 0 Å². The van der Waals surface area contributed by atoms with Crippen LogP contribution in [0.3, 0.4) is 0 Å². The molecule has 24 rings (SSSR count).